The molecule has 2 rings (SSSR count). The summed E-state index contributed by atoms with van der Waals surface area (Å²) < 4.78 is 15.5. The molecule has 0 saturated carbocycles. The van der Waals surface area contributed by atoms with Crippen LogP contribution in [0.15, 0.2) is 27.5 Å². The minimum atomic E-state index is -2.55. The number of nitrogens with one attached hydrogen (secondary N) is 1. The van der Waals surface area contributed by atoms with Gasteiger partial charge < -0.3 is 5.32 Å². The van der Waals surface area contributed by atoms with Crippen molar-refractivity contribution in [1.29, 1.82) is 0 Å². The fourth-order valence-electron chi connectivity index (χ4n) is 1.42. The average Bonchev–Trinajstić information content (AvgIpc) is 2.00. The van der Waals surface area contributed by atoms with E-state index in [2.05, 4.69) is 9.68 Å². The molecule has 2 amide bonds. The van der Waals surface area contributed by atoms with Gasteiger partial charge in [-0.25, -0.2) is 9.00 Å². The minimum Gasteiger partial charge on any atom is -0.304 e. The second-order valence-electron chi connectivity index (χ2n) is 3.32. The lowest BCUT2D eigenvalue weighted by Gasteiger charge is -2.16. The van der Waals surface area contributed by atoms with Crippen LogP contribution in [0.2, 0.25) is 0 Å². The Kier molecular flexibility index (Phi) is 1.85. The summed E-state index contributed by atoms with van der Waals surface area (Å²) in [5, 5.41) is 2.57. The van der Waals surface area contributed by atoms with Crippen molar-refractivity contribution < 1.29 is 9.00 Å². The summed E-state index contributed by atoms with van der Waals surface area (Å²) in [7, 11) is -2.55. The van der Waals surface area contributed by atoms with Gasteiger partial charge in [-0.05, 0) is 24.6 Å². The van der Waals surface area contributed by atoms with Crippen molar-refractivity contribution in [1.82, 2.24) is 0 Å². The van der Waals surface area contributed by atoms with Gasteiger partial charge in [0.2, 0.25) is 0 Å². The van der Waals surface area contributed by atoms with Gasteiger partial charge in [0.1, 0.15) is 0 Å². The summed E-state index contributed by atoms with van der Waals surface area (Å²) >= 11 is 0. The Morgan fingerprint density at radius 2 is 2.14 bits per heavy atom. The van der Waals surface area contributed by atoms with Crippen LogP contribution in [0.25, 0.3) is 0 Å². The first-order chi connectivity index (χ1) is 6.49. The number of fused-ring (bicyclic) bond motifs is 1. The number of hydrogen-bond donors (Lipinski definition) is 1. The quantitative estimate of drug-likeness (QED) is 0.712. The van der Waals surface area contributed by atoms with Gasteiger partial charge in [-0.1, -0.05) is 6.07 Å². The third kappa shape index (κ3) is 1.39. The molecule has 0 aliphatic carbocycles. The van der Waals surface area contributed by atoms with E-state index in [1.807, 2.05) is 13.0 Å². The van der Waals surface area contributed by atoms with Crippen molar-refractivity contribution in [3.8, 4) is 0 Å². The van der Waals surface area contributed by atoms with Crippen LogP contribution in [-0.4, -0.2) is 16.5 Å². The van der Waals surface area contributed by atoms with E-state index in [-0.39, 0.29) is 0 Å². The lowest BCUT2D eigenvalue weighted by Crippen LogP contribution is -2.18. The van der Waals surface area contributed by atoms with Gasteiger partial charge in [0.15, 0.2) is 0 Å². The maximum absolute atomic E-state index is 11.9. The van der Waals surface area contributed by atoms with Gasteiger partial charge in [-0.2, -0.15) is 0 Å². The van der Waals surface area contributed by atoms with E-state index in [0.29, 0.717) is 10.6 Å². The number of benzene rings is 1. The zero-order chi connectivity index (χ0) is 10.3. The fraction of sp³-hybridized carbons (Fsp3) is 0.222. The predicted molar refractivity (Wildman–Crippen MR) is 55.0 cm³/mol. The van der Waals surface area contributed by atoms with Crippen LogP contribution in [0.4, 0.5) is 10.5 Å². The Labute approximate surface area is 82.5 Å². The Morgan fingerprint density at radius 1 is 1.43 bits per heavy atom. The monoisotopic (exact) mass is 210 g/mol. The van der Waals surface area contributed by atoms with Crippen LogP contribution < -0.4 is 5.32 Å². The zero-order valence-electron chi connectivity index (χ0n) is 7.90. The van der Waals surface area contributed by atoms with Crippen molar-refractivity contribution in [3.63, 3.8) is 0 Å². The highest BCUT2D eigenvalue weighted by molar-refractivity contribution is 7.93. The number of rotatable bonds is 0. The average molecular weight is 210 g/mol. The number of carbonyl (C=O) groups excluding carboxylic acids is 1. The number of nitrogens with zero attached hydrogens (tertiary/aromatic N) is 1. The highest BCUT2D eigenvalue weighted by atomic mass is 32.2. The van der Waals surface area contributed by atoms with Crippen LogP contribution in [0.5, 0.6) is 0 Å². The van der Waals surface area contributed by atoms with Crippen LogP contribution in [-0.2, 0) is 9.73 Å². The van der Waals surface area contributed by atoms with Gasteiger partial charge in [0, 0.05) is 6.26 Å². The summed E-state index contributed by atoms with van der Waals surface area (Å²) in [6.45, 7) is 1.91. The molecule has 0 aromatic heterocycles. The minimum absolute atomic E-state index is 0.532. The van der Waals surface area contributed by atoms with Crippen molar-refractivity contribution in [2.24, 2.45) is 4.36 Å². The molecule has 0 saturated heterocycles. The highest BCUT2D eigenvalue weighted by Crippen LogP contribution is 2.27. The van der Waals surface area contributed by atoms with Crippen molar-refractivity contribution in [2.45, 2.75) is 11.8 Å². The summed E-state index contributed by atoms with van der Waals surface area (Å²) in [6, 6.07) is 4.87. The zero-order valence-corrected chi connectivity index (χ0v) is 8.72. The van der Waals surface area contributed by atoms with Gasteiger partial charge >= 0.3 is 6.03 Å². The number of amides is 2. The van der Waals surface area contributed by atoms with E-state index in [4.69, 9.17) is 0 Å². The first kappa shape index (κ1) is 9.21. The Balaban J connectivity index is 2.75. The molecule has 1 aromatic rings. The van der Waals surface area contributed by atoms with E-state index in [0.717, 1.165) is 5.56 Å². The molecule has 0 fully saturated rings. The molecule has 1 aliphatic rings. The number of anilines is 1. The highest BCUT2D eigenvalue weighted by Gasteiger charge is 2.20. The SMILES string of the molecule is Cc1ccc2c(c1)NC(=O)N=S2(C)=O. The third-order valence-corrected chi connectivity index (χ3v) is 3.73. The number of hydrogen-bond acceptors (Lipinski definition) is 2. The van der Waals surface area contributed by atoms with Crippen molar-refractivity contribution in [3.05, 3.63) is 23.8 Å². The summed E-state index contributed by atoms with van der Waals surface area (Å²) in [5.41, 5.74) is 1.62. The molecular formula is C9H10N2O2S. The van der Waals surface area contributed by atoms with Gasteiger partial charge in [-0.15, -0.1) is 4.36 Å². The number of carbonyl (C=O) groups is 1. The smallest absolute Gasteiger partial charge is 0.304 e. The van der Waals surface area contributed by atoms with E-state index in [1.165, 1.54) is 6.26 Å². The molecule has 1 aliphatic heterocycles. The van der Waals surface area contributed by atoms with Gasteiger partial charge in [0.05, 0.1) is 20.3 Å². The van der Waals surface area contributed by atoms with E-state index in [9.17, 15) is 9.00 Å². The van der Waals surface area contributed by atoms with Crippen LogP contribution >= 0.6 is 0 Å². The number of urea groups is 1. The van der Waals surface area contributed by atoms with Crippen LogP contribution in [0.1, 0.15) is 5.56 Å². The predicted octanol–water partition coefficient (Wildman–Crippen LogP) is 2.00. The molecule has 4 nitrogen and oxygen atoms in total. The lowest BCUT2D eigenvalue weighted by atomic mass is 10.2. The molecular weight excluding hydrogens is 200 g/mol. The Hall–Kier alpha value is -1.36. The molecule has 14 heavy (non-hydrogen) atoms. The third-order valence-electron chi connectivity index (χ3n) is 2.04. The van der Waals surface area contributed by atoms with Crippen LogP contribution in [0, 0.1) is 6.92 Å². The molecule has 1 heterocycles. The lowest BCUT2D eigenvalue weighted by molar-refractivity contribution is 0.259. The molecule has 74 valence electrons. The fourth-order valence-corrected chi connectivity index (χ4v) is 2.72. The largest absolute Gasteiger partial charge is 0.353 e. The summed E-state index contributed by atoms with van der Waals surface area (Å²) in [6.07, 6.45) is 1.47. The van der Waals surface area contributed by atoms with Crippen molar-refractivity contribution >= 4 is 21.4 Å². The Bertz CT molecular complexity index is 528. The molecule has 1 N–H and O–H groups in total. The van der Waals surface area contributed by atoms with Gasteiger partial charge in [-0.3, -0.25) is 0 Å². The Morgan fingerprint density at radius 3 is 2.86 bits per heavy atom. The van der Waals surface area contributed by atoms with E-state index >= 15 is 0 Å². The standard InChI is InChI=1S/C9H10N2O2S/c1-6-3-4-8-7(5-6)10-9(12)11-14(8,2)13/h3-5H,1-2H3,(H,10,11,12,13). The molecule has 1 atom stereocenters. The molecule has 1 unspecified atom stereocenters. The first-order valence-corrected chi connectivity index (χ1v) is 6.05. The number of aryl methyl sites for hydroxylation is 1. The molecule has 5 heteroatoms. The van der Waals surface area contributed by atoms with E-state index < -0.39 is 15.8 Å². The summed E-state index contributed by atoms with van der Waals surface area (Å²) in [5.74, 6) is 0. The normalized spacial score (nSPS) is 24.9. The summed E-state index contributed by atoms with van der Waals surface area (Å²) in [4.78, 5) is 11.7. The van der Waals surface area contributed by atoms with Gasteiger partial charge in [0.25, 0.3) is 0 Å². The van der Waals surface area contributed by atoms with Crippen LogP contribution in [0.3, 0.4) is 0 Å². The molecule has 0 spiro atoms. The second kappa shape index (κ2) is 2.81. The molecule has 1 aromatic carbocycles. The topological polar surface area (TPSA) is 58.5 Å². The van der Waals surface area contributed by atoms with E-state index in [1.54, 1.807) is 12.1 Å². The maximum Gasteiger partial charge on any atom is 0.353 e. The molecule has 0 radical (unpaired) electrons. The first-order valence-electron chi connectivity index (χ1n) is 4.13. The molecule has 0 bridgehead atoms. The van der Waals surface area contributed by atoms with Crippen molar-refractivity contribution in [2.75, 3.05) is 11.6 Å². The maximum atomic E-state index is 11.9. The second-order valence-corrected chi connectivity index (χ2v) is 5.55.